The highest BCUT2D eigenvalue weighted by molar-refractivity contribution is 7.27. The summed E-state index contributed by atoms with van der Waals surface area (Å²) in [5.41, 5.74) is 5.31. The third kappa shape index (κ3) is 3.77. The zero-order valence-electron chi connectivity index (χ0n) is 27.1. The Morgan fingerprint density at radius 2 is 1.06 bits per heavy atom. The van der Waals surface area contributed by atoms with Crippen molar-refractivity contribution in [2.75, 3.05) is 0 Å². The van der Waals surface area contributed by atoms with Crippen molar-refractivity contribution in [1.29, 1.82) is 0 Å². The van der Waals surface area contributed by atoms with Crippen molar-refractivity contribution in [2.45, 2.75) is 0 Å². The van der Waals surface area contributed by atoms with Gasteiger partial charge < -0.3 is 0 Å². The molecule has 0 bridgehead atoms. The second-order valence-corrected chi connectivity index (χ2v) is 15.4. The number of aromatic nitrogens is 3. The Hall–Kier alpha value is -6.14. The number of hydrogen-bond donors (Lipinski definition) is 0. The molecule has 0 aliphatic carbocycles. The van der Waals surface area contributed by atoms with Crippen molar-refractivity contribution >= 4 is 117 Å². The summed E-state index contributed by atoms with van der Waals surface area (Å²) in [6.45, 7) is 0. The highest BCUT2D eigenvalue weighted by Gasteiger charge is 2.24. The molecule has 5 heteroatoms. The quantitative estimate of drug-likeness (QED) is 0.170. The Kier molecular flexibility index (Phi) is 5.53. The first-order chi connectivity index (χ1) is 25.3. The van der Waals surface area contributed by atoms with E-state index in [1.54, 1.807) is 11.3 Å². The van der Waals surface area contributed by atoms with Gasteiger partial charge in [0.15, 0.2) is 0 Å². The van der Waals surface area contributed by atoms with E-state index in [2.05, 4.69) is 156 Å². The second-order valence-electron chi connectivity index (χ2n) is 13.3. The summed E-state index contributed by atoms with van der Waals surface area (Å²) in [5.74, 6) is 0.691. The summed E-state index contributed by atoms with van der Waals surface area (Å²) in [6.07, 6.45) is 0. The molecule has 8 aromatic carbocycles. The molecule has 51 heavy (non-hydrogen) atoms. The van der Waals surface area contributed by atoms with Crippen LogP contribution in [-0.4, -0.2) is 14.5 Å². The van der Waals surface area contributed by atoms with E-state index in [9.17, 15) is 0 Å². The molecule has 4 aromatic heterocycles. The molecule has 0 aliphatic heterocycles. The van der Waals surface area contributed by atoms with Gasteiger partial charge in [-0.05, 0) is 51.2 Å². The summed E-state index contributed by atoms with van der Waals surface area (Å²) < 4.78 is 7.27. The van der Waals surface area contributed by atoms with E-state index in [1.165, 1.54) is 68.0 Å². The zero-order chi connectivity index (χ0) is 33.2. The Balaban J connectivity index is 1.24. The molecule has 3 nitrogen and oxygen atoms in total. The molecule has 0 atom stereocenters. The topological polar surface area (TPSA) is 30.7 Å². The van der Waals surface area contributed by atoms with E-state index < -0.39 is 0 Å². The maximum absolute atomic E-state index is 5.57. The number of rotatable bonds is 2. The lowest BCUT2D eigenvalue weighted by atomic mass is 9.99. The maximum atomic E-state index is 5.57. The zero-order valence-corrected chi connectivity index (χ0v) is 28.7. The molecule has 0 spiro atoms. The first-order valence-corrected chi connectivity index (χ1v) is 18.8. The SMILES string of the molecule is c1ccc2c(c1)ccc1cc(-c3nc(-n4c5ccccc5c5c6sc7ccccc7c6c6ccccc6c54)nc4c3sc3ccccc34)ccc12. The van der Waals surface area contributed by atoms with Gasteiger partial charge in [-0.3, -0.25) is 4.57 Å². The van der Waals surface area contributed by atoms with Crippen molar-refractivity contribution in [3.63, 3.8) is 0 Å². The molecule has 0 saturated heterocycles. The number of fused-ring (bicyclic) bond motifs is 16. The van der Waals surface area contributed by atoms with Crippen LogP contribution >= 0.6 is 22.7 Å². The third-order valence-electron chi connectivity index (χ3n) is 10.6. The van der Waals surface area contributed by atoms with E-state index in [0.717, 1.165) is 37.9 Å². The molecule has 236 valence electrons. The van der Waals surface area contributed by atoms with Gasteiger partial charge in [0.25, 0.3) is 0 Å². The van der Waals surface area contributed by atoms with Crippen LogP contribution in [0.2, 0.25) is 0 Å². The highest BCUT2D eigenvalue weighted by atomic mass is 32.1. The molecule has 0 fully saturated rings. The minimum absolute atomic E-state index is 0.691. The van der Waals surface area contributed by atoms with Crippen molar-refractivity contribution in [3.8, 4) is 17.2 Å². The summed E-state index contributed by atoms with van der Waals surface area (Å²) in [7, 11) is 0. The van der Waals surface area contributed by atoms with Crippen LogP contribution in [0.3, 0.4) is 0 Å². The number of nitrogens with zero attached hydrogens (tertiary/aromatic N) is 3. The smallest absolute Gasteiger partial charge is 0.235 e. The van der Waals surface area contributed by atoms with E-state index in [-0.39, 0.29) is 0 Å². The standard InChI is InChI=1S/C46H25N3S2/c1-2-12-29-26(11-1)21-22-27-25-28(23-24-30(27)29)41-45-42(35-17-7-10-20-38(35)51-45)48-46(47-41)49-36-18-8-5-15-33(36)40-43(49)32-14-4-3-13-31(32)39-34-16-6-9-19-37(34)50-44(39)40/h1-25H. The Labute approximate surface area is 299 Å². The Morgan fingerprint density at radius 1 is 0.431 bits per heavy atom. The normalized spacial score (nSPS) is 12.3. The first-order valence-electron chi connectivity index (χ1n) is 17.2. The van der Waals surface area contributed by atoms with Gasteiger partial charge in [-0.25, -0.2) is 9.97 Å². The summed E-state index contributed by atoms with van der Waals surface area (Å²) >= 11 is 3.66. The number of para-hydroxylation sites is 1. The predicted octanol–water partition coefficient (Wildman–Crippen LogP) is 13.4. The van der Waals surface area contributed by atoms with Crippen molar-refractivity contribution in [2.24, 2.45) is 0 Å². The Bertz CT molecular complexity index is 3440. The van der Waals surface area contributed by atoms with Crippen LogP contribution in [-0.2, 0) is 0 Å². The largest absolute Gasteiger partial charge is 0.277 e. The second kappa shape index (κ2) is 10.2. The van der Waals surface area contributed by atoms with Gasteiger partial charge in [-0.15, -0.1) is 22.7 Å². The summed E-state index contributed by atoms with van der Waals surface area (Å²) in [5, 5.41) is 13.7. The molecule has 0 N–H and O–H groups in total. The molecule has 0 saturated carbocycles. The van der Waals surface area contributed by atoms with Gasteiger partial charge >= 0.3 is 0 Å². The lowest BCUT2D eigenvalue weighted by molar-refractivity contribution is 1.02. The monoisotopic (exact) mass is 683 g/mol. The summed E-state index contributed by atoms with van der Waals surface area (Å²) in [6, 6.07) is 55.0. The van der Waals surface area contributed by atoms with Gasteiger partial charge in [0.05, 0.1) is 26.9 Å². The lowest BCUT2D eigenvalue weighted by Gasteiger charge is -2.12. The maximum Gasteiger partial charge on any atom is 0.235 e. The van der Waals surface area contributed by atoms with Crippen LogP contribution in [0.25, 0.3) is 112 Å². The minimum atomic E-state index is 0.691. The van der Waals surface area contributed by atoms with Crippen LogP contribution < -0.4 is 0 Å². The van der Waals surface area contributed by atoms with Gasteiger partial charge in [0.2, 0.25) is 5.95 Å². The predicted molar refractivity (Wildman–Crippen MR) is 220 cm³/mol. The van der Waals surface area contributed by atoms with E-state index in [0.29, 0.717) is 5.95 Å². The molecule has 0 unspecified atom stereocenters. The molecule has 0 radical (unpaired) electrons. The number of benzene rings is 8. The minimum Gasteiger partial charge on any atom is -0.277 e. The van der Waals surface area contributed by atoms with E-state index >= 15 is 0 Å². The van der Waals surface area contributed by atoms with Crippen molar-refractivity contribution < 1.29 is 0 Å². The molecule has 0 amide bonds. The number of thiophene rings is 2. The van der Waals surface area contributed by atoms with Crippen LogP contribution in [0.4, 0.5) is 0 Å². The first kappa shape index (κ1) is 27.7. The van der Waals surface area contributed by atoms with Crippen LogP contribution in [0.1, 0.15) is 0 Å². The van der Waals surface area contributed by atoms with E-state index in [4.69, 9.17) is 9.97 Å². The van der Waals surface area contributed by atoms with Crippen LogP contribution in [0.15, 0.2) is 152 Å². The number of hydrogen-bond acceptors (Lipinski definition) is 4. The van der Waals surface area contributed by atoms with E-state index in [1.807, 2.05) is 11.3 Å². The van der Waals surface area contributed by atoms with Crippen molar-refractivity contribution in [3.05, 3.63) is 152 Å². The van der Waals surface area contributed by atoms with Crippen LogP contribution in [0, 0.1) is 0 Å². The highest BCUT2D eigenvalue weighted by Crippen LogP contribution is 2.48. The van der Waals surface area contributed by atoms with Gasteiger partial charge in [-0.1, -0.05) is 127 Å². The van der Waals surface area contributed by atoms with Gasteiger partial charge in [-0.2, -0.15) is 0 Å². The average Bonchev–Trinajstić information content (AvgIpc) is 3.87. The van der Waals surface area contributed by atoms with Crippen LogP contribution in [0.5, 0.6) is 0 Å². The average molecular weight is 684 g/mol. The fourth-order valence-corrected chi connectivity index (χ4v) is 10.8. The van der Waals surface area contributed by atoms with Gasteiger partial charge in [0.1, 0.15) is 0 Å². The Morgan fingerprint density at radius 3 is 1.92 bits per heavy atom. The fourth-order valence-electron chi connectivity index (χ4n) is 8.36. The molecule has 0 aliphatic rings. The van der Waals surface area contributed by atoms with Crippen molar-refractivity contribution in [1.82, 2.24) is 14.5 Å². The molecule has 12 aromatic rings. The molecule has 4 heterocycles. The fraction of sp³-hybridized carbons (Fsp3) is 0. The molecular formula is C46H25N3S2. The third-order valence-corrected chi connectivity index (χ3v) is 12.9. The molecular weight excluding hydrogens is 659 g/mol. The van der Waals surface area contributed by atoms with Gasteiger partial charge in [0, 0.05) is 52.0 Å². The summed E-state index contributed by atoms with van der Waals surface area (Å²) in [4.78, 5) is 11.1. The lowest BCUT2D eigenvalue weighted by Crippen LogP contribution is -2.03. The molecule has 12 rings (SSSR count).